The minimum atomic E-state index is -1.26. The molecule has 4 nitrogen and oxygen atoms in total. The second kappa shape index (κ2) is 9.10. The number of hydrogen-bond donors (Lipinski definition) is 1. The molecule has 0 aromatic heterocycles. The van der Waals surface area contributed by atoms with E-state index in [1.54, 1.807) is 0 Å². The van der Waals surface area contributed by atoms with Gasteiger partial charge in [0.1, 0.15) is 11.5 Å². The van der Waals surface area contributed by atoms with Gasteiger partial charge in [-0.15, -0.1) is 0 Å². The van der Waals surface area contributed by atoms with E-state index in [9.17, 15) is 9.00 Å². The van der Waals surface area contributed by atoms with Crippen LogP contribution in [0.3, 0.4) is 0 Å². The molecule has 122 valence electrons. The monoisotopic (exact) mass is 331 g/mol. The normalized spacial score (nSPS) is 11.7. The number of rotatable bonds is 8. The average molecular weight is 331 g/mol. The smallest absolute Gasteiger partial charge is 0.232 e. The zero-order valence-corrected chi connectivity index (χ0v) is 14.0. The van der Waals surface area contributed by atoms with Crippen LogP contribution in [0.15, 0.2) is 54.6 Å². The van der Waals surface area contributed by atoms with Crippen LogP contribution < -0.4 is 10.1 Å². The van der Waals surface area contributed by atoms with Crippen molar-refractivity contribution < 1.29 is 13.7 Å². The Balaban J connectivity index is 1.83. The molecule has 1 unspecified atom stereocenters. The largest absolute Gasteiger partial charge is 0.494 e. The maximum atomic E-state index is 12.2. The molecule has 1 amide bonds. The summed E-state index contributed by atoms with van der Waals surface area (Å²) in [5, 5.41) is 2.79. The first kappa shape index (κ1) is 17.2. The molecule has 0 heterocycles. The molecule has 0 bridgehead atoms. The van der Waals surface area contributed by atoms with Crippen molar-refractivity contribution in [3.63, 3.8) is 0 Å². The number of benzene rings is 2. The summed E-state index contributed by atoms with van der Waals surface area (Å²) in [6, 6.07) is 17.1. The van der Waals surface area contributed by atoms with Crippen molar-refractivity contribution >= 4 is 16.7 Å². The van der Waals surface area contributed by atoms with E-state index in [0.29, 0.717) is 18.9 Å². The van der Waals surface area contributed by atoms with Crippen molar-refractivity contribution in [1.29, 1.82) is 0 Å². The summed E-state index contributed by atoms with van der Waals surface area (Å²) >= 11 is 0. The Morgan fingerprint density at radius 1 is 1.09 bits per heavy atom. The molecule has 1 N–H and O–H groups in total. The van der Waals surface area contributed by atoms with E-state index in [1.807, 2.05) is 61.5 Å². The van der Waals surface area contributed by atoms with Crippen LogP contribution in [0.25, 0.3) is 0 Å². The fourth-order valence-corrected chi connectivity index (χ4v) is 3.22. The topological polar surface area (TPSA) is 55.4 Å². The lowest BCUT2D eigenvalue weighted by Crippen LogP contribution is -2.28. The Kier molecular flexibility index (Phi) is 6.81. The first-order valence-electron chi connectivity index (χ1n) is 7.55. The van der Waals surface area contributed by atoms with Gasteiger partial charge in [0.05, 0.1) is 12.4 Å². The van der Waals surface area contributed by atoms with Gasteiger partial charge >= 0.3 is 0 Å². The molecule has 2 rings (SSSR count). The summed E-state index contributed by atoms with van der Waals surface area (Å²) in [6.45, 7) is 2.92. The van der Waals surface area contributed by atoms with Crippen LogP contribution in [0.4, 0.5) is 0 Å². The van der Waals surface area contributed by atoms with Crippen molar-refractivity contribution in [2.24, 2.45) is 0 Å². The van der Waals surface area contributed by atoms with Gasteiger partial charge in [-0.2, -0.15) is 0 Å². The summed E-state index contributed by atoms with van der Waals surface area (Å²) in [5.41, 5.74) is 1.89. The third-order valence-corrected chi connectivity index (χ3v) is 4.43. The van der Waals surface area contributed by atoms with Crippen LogP contribution in [-0.4, -0.2) is 22.5 Å². The fourth-order valence-electron chi connectivity index (χ4n) is 2.14. The van der Waals surface area contributed by atoms with Crippen molar-refractivity contribution in [3.8, 4) is 5.75 Å². The molecule has 0 aliphatic carbocycles. The summed E-state index contributed by atoms with van der Waals surface area (Å²) in [4.78, 5) is 11.9. The van der Waals surface area contributed by atoms with E-state index >= 15 is 0 Å². The number of nitrogens with one attached hydrogen (secondary N) is 1. The lowest BCUT2D eigenvalue weighted by Gasteiger charge is -2.10. The number of hydrogen-bond acceptors (Lipinski definition) is 3. The Bertz CT molecular complexity index is 658. The SMILES string of the molecule is CCOc1ccccc1CS(=O)CC(=O)NCc1ccccc1. The Morgan fingerprint density at radius 3 is 2.52 bits per heavy atom. The maximum Gasteiger partial charge on any atom is 0.232 e. The van der Waals surface area contributed by atoms with Crippen LogP contribution in [0.5, 0.6) is 5.75 Å². The van der Waals surface area contributed by atoms with Gasteiger partial charge in [-0.1, -0.05) is 48.5 Å². The van der Waals surface area contributed by atoms with Gasteiger partial charge in [0.25, 0.3) is 0 Å². The highest BCUT2D eigenvalue weighted by Crippen LogP contribution is 2.19. The summed E-state index contributed by atoms with van der Waals surface area (Å²) in [6.07, 6.45) is 0. The molecule has 0 radical (unpaired) electrons. The predicted octanol–water partition coefficient (Wildman–Crippen LogP) is 2.65. The molecule has 1 atom stereocenters. The van der Waals surface area contributed by atoms with E-state index in [0.717, 1.165) is 16.9 Å². The van der Waals surface area contributed by atoms with Crippen LogP contribution in [0.2, 0.25) is 0 Å². The third-order valence-electron chi connectivity index (χ3n) is 3.21. The number of amides is 1. The summed E-state index contributed by atoms with van der Waals surface area (Å²) < 4.78 is 17.7. The minimum Gasteiger partial charge on any atom is -0.494 e. The van der Waals surface area contributed by atoms with Crippen LogP contribution in [0.1, 0.15) is 18.1 Å². The van der Waals surface area contributed by atoms with Gasteiger partial charge in [-0.05, 0) is 18.6 Å². The maximum absolute atomic E-state index is 12.2. The van der Waals surface area contributed by atoms with Crippen LogP contribution in [-0.2, 0) is 27.9 Å². The summed E-state index contributed by atoms with van der Waals surface area (Å²) in [5.74, 6) is 0.830. The lowest BCUT2D eigenvalue weighted by atomic mass is 10.2. The predicted molar refractivity (Wildman–Crippen MR) is 92.6 cm³/mol. The Labute approximate surface area is 139 Å². The number of carbonyl (C=O) groups excluding carboxylic acids is 1. The molecule has 0 saturated carbocycles. The lowest BCUT2D eigenvalue weighted by molar-refractivity contribution is -0.118. The number of ether oxygens (including phenoxy) is 1. The Morgan fingerprint density at radius 2 is 1.78 bits per heavy atom. The molecule has 0 aliphatic rings. The van der Waals surface area contributed by atoms with E-state index in [4.69, 9.17) is 4.74 Å². The van der Waals surface area contributed by atoms with Crippen LogP contribution in [0, 0.1) is 0 Å². The number of carbonyl (C=O) groups is 1. The zero-order valence-electron chi connectivity index (χ0n) is 13.2. The first-order valence-corrected chi connectivity index (χ1v) is 9.04. The highest BCUT2D eigenvalue weighted by molar-refractivity contribution is 7.84. The van der Waals surface area contributed by atoms with Gasteiger partial charge in [0.15, 0.2) is 0 Å². The third kappa shape index (κ3) is 5.87. The second-order valence-corrected chi connectivity index (χ2v) is 6.49. The van der Waals surface area contributed by atoms with Gasteiger partial charge in [-0.25, -0.2) is 0 Å². The zero-order chi connectivity index (χ0) is 16.5. The van der Waals surface area contributed by atoms with Gasteiger partial charge in [0.2, 0.25) is 5.91 Å². The summed E-state index contributed by atoms with van der Waals surface area (Å²) in [7, 11) is -1.26. The molecule has 0 aliphatic heterocycles. The molecule has 2 aromatic rings. The van der Waals surface area contributed by atoms with Gasteiger partial charge < -0.3 is 10.1 Å². The van der Waals surface area contributed by atoms with Crippen molar-refractivity contribution in [2.75, 3.05) is 12.4 Å². The highest BCUT2D eigenvalue weighted by atomic mass is 32.2. The quantitative estimate of drug-likeness (QED) is 0.809. The average Bonchev–Trinajstić information content (AvgIpc) is 2.56. The Hall–Kier alpha value is -2.14. The van der Waals surface area contributed by atoms with Gasteiger partial charge in [-0.3, -0.25) is 9.00 Å². The molecular formula is C18H21NO3S. The van der Waals surface area contributed by atoms with Crippen molar-refractivity contribution in [1.82, 2.24) is 5.32 Å². The van der Waals surface area contributed by atoms with Crippen molar-refractivity contribution in [2.45, 2.75) is 19.2 Å². The van der Waals surface area contributed by atoms with Crippen LogP contribution >= 0.6 is 0 Å². The molecular weight excluding hydrogens is 310 g/mol. The molecule has 0 spiro atoms. The fraction of sp³-hybridized carbons (Fsp3) is 0.278. The first-order chi connectivity index (χ1) is 11.2. The highest BCUT2D eigenvalue weighted by Gasteiger charge is 2.11. The molecule has 23 heavy (non-hydrogen) atoms. The molecule has 0 saturated heterocycles. The van der Waals surface area contributed by atoms with E-state index in [-0.39, 0.29) is 11.7 Å². The molecule has 0 fully saturated rings. The van der Waals surface area contributed by atoms with Gasteiger partial charge in [0, 0.05) is 22.9 Å². The molecule has 2 aromatic carbocycles. The van der Waals surface area contributed by atoms with E-state index in [2.05, 4.69) is 5.32 Å². The van der Waals surface area contributed by atoms with Crippen molar-refractivity contribution in [3.05, 3.63) is 65.7 Å². The second-order valence-electron chi connectivity index (χ2n) is 5.03. The number of para-hydroxylation sites is 1. The van der Waals surface area contributed by atoms with E-state index < -0.39 is 10.8 Å². The standard InChI is InChI=1S/C18H21NO3S/c1-2-22-17-11-7-6-10-16(17)13-23(21)14-18(20)19-12-15-8-4-3-5-9-15/h3-11H,2,12-14H2,1H3,(H,19,20). The van der Waals surface area contributed by atoms with E-state index in [1.165, 1.54) is 0 Å². The minimum absolute atomic E-state index is 0.00665. The molecule has 5 heteroatoms.